The molecule has 1 saturated carbocycles. The van der Waals surface area contributed by atoms with Crippen molar-refractivity contribution in [3.05, 3.63) is 40.4 Å². The van der Waals surface area contributed by atoms with E-state index in [1.165, 1.54) is 25.2 Å². The molecule has 6 atom stereocenters. The van der Waals surface area contributed by atoms with Gasteiger partial charge in [-0.2, -0.15) is 4.90 Å². The molecule has 5 rings (SSSR count). The second kappa shape index (κ2) is 7.69. The second-order valence-corrected chi connectivity index (χ2v) is 10.9. The fourth-order valence-electron chi connectivity index (χ4n) is 6.12. The van der Waals surface area contributed by atoms with E-state index in [1.54, 1.807) is 6.08 Å². The Kier molecular flexibility index (Phi) is 5.29. The number of rotatable bonds is 1. The van der Waals surface area contributed by atoms with Crippen molar-refractivity contribution in [2.45, 2.75) is 28.5 Å². The number of benzene rings is 1. The molecule has 1 aromatic rings. The van der Waals surface area contributed by atoms with Crippen molar-refractivity contribution in [3.8, 4) is 5.75 Å². The number of carbonyl (C=O) groups is 5. The lowest BCUT2D eigenvalue weighted by Crippen LogP contribution is -2.60. The van der Waals surface area contributed by atoms with Crippen LogP contribution in [-0.4, -0.2) is 68.5 Å². The van der Waals surface area contributed by atoms with Gasteiger partial charge >= 0.3 is 6.09 Å². The molecule has 12 heteroatoms. The lowest BCUT2D eigenvalue weighted by Gasteiger charge is -2.50. The van der Waals surface area contributed by atoms with Crippen molar-refractivity contribution in [1.29, 1.82) is 0 Å². The van der Waals surface area contributed by atoms with Gasteiger partial charge in [-0.1, -0.05) is 23.3 Å². The van der Waals surface area contributed by atoms with Crippen LogP contribution in [0.3, 0.4) is 0 Å². The zero-order valence-corrected chi connectivity index (χ0v) is 20.7. The van der Waals surface area contributed by atoms with Crippen LogP contribution in [0.25, 0.3) is 0 Å². The van der Waals surface area contributed by atoms with Crippen molar-refractivity contribution in [3.63, 3.8) is 0 Å². The number of fused-ring (bicyclic) bond motifs is 4. The van der Waals surface area contributed by atoms with Crippen LogP contribution in [0, 0.1) is 17.8 Å². The maximum Gasteiger partial charge on any atom is 0.423 e. The third-order valence-corrected chi connectivity index (χ3v) is 9.32. The fraction of sp³-hybridized carbons (Fsp3) is 0.435. The summed E-state index contributed by atoms with van der Waals surface area (Å²) in [6, 6.07) is 4.20. The summed E-state index contributed by atoms with van der Waals surface area (Å²) in [7, 11) is 2.32. The van der Waals surface area contributed by atoms with Crippen LogP contribution in [0.2, 0.25) is 5.02 Å². The van der Waals surface area contributed by atoms with E-state index in [9.17, 15) is 29.1 Å². The van der Waals surface area contributed by atoms with Crippen LogP contribution >= 0.6 is 34.8 Å². The number of carbonyl (C=O) groups excluding carboxylic acids is 5. The van der Waals surface area contributed by atoms with E-state index in [-0.39, 0.29) is 29.2 Å². The lowest BCUT2D eigenvalue weighted by atomic mass is 9.56. The SMILES string of the molecule is COC(=O)N1C(=O)C2CC=C3C(CC4(Cl)C(=O)N(C)C(=O)C4(Cl)C3c3cc(Cl)ccc3O)C2C1=O. The fourth-order valence-corrected chi connectivity index (χ4v) is 7.31. The summed E-state index contributed by atoms with van der Waals surface area (Å²) in [5.41, 5.74) is 0.629. The number of likely N-dealkylation sites (tertiary alicyclic amines) is 2. The monoisotopic (exact) mass is 540 g/mol. The first-order valence-electron chi connectivity index (χ1n) is 10.7. The van der Waals surface area contributed by atoms with Crippen molar-refractivity contribution in [2.24, 2.45) is 17.8 Å². The second-order valence-electron chi connectivity index (χ2n) is 9.18. The summed E-state index contributed by atoms with van der Waals surface area (Å²) in [6.07, 6.45) is 0.424. The van der Waals surface area contributed by atoms with E-state index in [0.717, 1.165) is 12.0 Å². The molecule has 2 aliphatic heterocycles. The Bertz CT molecular complexity index is 1270. The van der Waals surface area contributed by atoms with Crippen molar-refractivity contribution in [1.82, 2.24) is 9.80 Å². The molecule has 2 heterocycles. The lowest BCUT2D eigenvalue weighted by molar-refractivity contribution is -0.139. The van der Waals surface area contributed by atoms with Crippen LogP contribution in [0.4, 0.5) is 4.79 Å². The minimum absolute atomic E-state index is 0.0760. The molecule has 4 aliphatic rings. The summed E-state index contributed by atoms with van der Waals surface area (Å²) in [5, 5.41) is 11.0. The molecule has 5 amide bonds. The van der Waals surface area contributed by atoms with Crippen LogP contribution in [0.5, 0.6) is 5.75 Å². The molecule has 6 unspecified atom stereocenters. The molecule has 35 heavy (non-hydrogen) atoms. The maximum absolute atomic E-state index is 13.4. The molecule has 1 aromatic carbocycles. The topological polar surface area (TPSA) is 121 Å². The van der Waals surface area contributed by atoms with Gasteiger partial charge in [0.15, 0.2) is 9.75 Å². The average molecular weight is 542 g/mol. The number of imide groups is 4. The van der Waals surface area contributed by atoms with E-state index in [4.69, 9.17) is 34.8 Å². The smallest absolute Gasteiger partial charge is 0.423 e. The number of methoxy groups -OCH3 is 1. The highest BCUT2D eigenvalue weighted by Crippen LogP contribution is 2.66. The molecular weight excluding hydrogens is 523 g/mol. The number of nitrogens with zero attached hydrogens (tertiary/aromatic N) is 2. The molecular formula is C23H19Cl3N2O7. The zero-order chi connectivity index (χ0) is 25.6. The average Bonchev–Trinajstić information content (AvgIpc) is 3.15. The van der Waals surface area contributed by atoms with Gasteiger partial charge in [0.05, 0.1) is 18.9 Å². The van der Waals surface area contributed by atoms with Gasteiger partial charge in [0.25, 0.3) is 11.8 Å². The number of phenols is 1. The van der Waals surface area contributed by atoms with E-state index >= 15 is 0 Å². The summed E-state index contributed by atoms with van der Waals surface area (Å²) in [6.45, 7) is 0. The summed E-state index contributed by atoms with van der Waals surface area (Å²) in [5.74, 6) is -7.10. The molecule has 2 aliphatic carbocycles. The van der Waals surface area contributed by atoms with E-state index in [2.05, 4.69) is 4.74 Å². The molecule has 0 spiro atoms. The minimum atomic E-state index is -2.04. The quantitative estimate of drug-likeness (QED) is 0.330. The van der Waals surface area contributed by atoms with Crippen molar-refractivity contribution < 1.29 is 33.8 Å². The van der Waals surface area contributed by atoms with Gasteiger partial charge in [-0.3, -0.25) is 24.1 Å². The summed E-state index contributed by atoms with van der Waals surface area (Å²) >= 11 is 20.2. The van der Waals surface area contributed by atoms with Crippen molar-refractivity contribution >= 4 is 64.5 Å². The Morgan fingerprint density at radius 2 is 1.80 bits per heavy atom. The normalized spacial score (nSPS) is 36.1. The Morgan fingerprint density at radius 1 is 1.11 bits per heavy atom. The Labute approximate surface area is 214 Å². The molecule has 0 radical (unpaired) electrons. The van der Waals surface area contributed by atoms with Gasteiger partial charge in [-0.15, -0.1) is 23.2 Å². The first-order valence-corrected chi connectivity index (χ1v) is 11.9. The van der Waals surface area contributed by atoms with Crippen LogP contribution in [-0.2, 0) is 23.9 Å². The summed E-state index contributed by atoms with van der Waals surface area (Å²) < 4.78 is 4.61. The number of hydrogen-bond donors (Lipinski definition) is 1. The van der Waals surface area contributed by atoms with Gasteiger partial charge in [0, 0.05) is 23.6 Å². The van der Waals surface area contributed by atoms with Gasteiger partial charge in [0.1, 0.15) is 5.75 Å². The number of amides is 5. The van der Waals surface area contributed by atoms with Gasteiger partial charge in [0.2, 0.25) is 11.8 Å². The standard InChI is InChI=1S/C23H19Cl3N2O7/c1-27-19(32)22(25)8-13-10(4-5-11-15(13)18(31)28(17(11)30)21(34)35-2)16(23(22,26)20(27)33)12-7-9(24)3-6-14(12)29/h3-4,6-7,11,13,15-16,29H,5,8H2,1-2H3. The highest BCUT2D eigenvalue weighted by atomic mass is 35.5. The summed E-state index contributed by atoms with van der Waals surface area (Å²) in [4.78, 5) is 62.4. The third kappa shape index (κ3) is 2.86. The predicted molar refractivity (Wildman–Crippen MR) is 123 cm³/mol. The molecule has 184 valence electrons. The number of hydrogen-bond acceptors (Lipinski definition) is 7. The predicted octanol–water partition coefficient (Wildman–Crippen LogP) is 2.80. The Morgan fingerprint density at radius 3 is 2.46 bits per heavy atom. The maximum atomic E-state index is 13.4. The molecule has 3 fully saturated rings. The number of ether oxygens (including phenoxy) is 1. The number of halogens is 3. The largest absolute Gasteiger partial charge is 0.508 e. The number of allylic oxidation sites excluding steroid dienone is 2. The van der Waals surface area contributed by atoms with Gasteiger partial charge in [-0.05, 0) is 37.0 Å². The number of phenolic OH excluding ortho intramolecular Hbond substituents is 1. The molecule has 1 N–H and O–H groups in total. The molecule has 0 bridgehead atoms. The molecule has 9 nitrogen and oxygen atoms in total. The number of alkyl halides is 2. The van der Waals surface area contributed by atoms with Gasteiger partial charge in [-0.25, -0.2) is 4.79 Å². The number of aromatic hydroxyl groups is 1. The van der Waals surface area contributed by atoms with E-state index in [1.807, 2.05) is 0 Å². The third-order valence-electron chi connectivity index (χ3n) is 7.67. The highest BCUT2D eigenvalue weighted by Gasteiger charge is 2.76. The van der Waals surface area contributed by atoms with Crippen molar-refractivity contribution in [2.75, 3.05) is 14.2 Å². The molecule has 0 aromatic heterocycles. The Balaban J connectivity index is 1.74. The van der Waals surface area contributed by atoms with E-state index < -0.39 is 63.1 Å². The minimum Gasteiger partial charge on any atom is -0.508 e. The van der Waals surface area contributed by atoms with Crippen LogP contribution < -0.4 is 0 Å². The zero-order valence-electron chi connectivity index (χ0n) is 18.5. The van der Waals surface area contributed by atoms with Crippen LogP contribution in [0.1, 0.15) is 24.3 Å². The highest BCUT2D eigenvalue weighted by molar-refractivity contribution is 6.53. The first kappa shape index (κ1) is 24.1. The van der Waals surface area contributed by atoms with Crippen LogP contribution in [0.15, 0.2) is 29.8 Å². The van der Waals surface area contributed by atoms with Gasteiger partial charge < -0.3 is 9.84 Å². The van der Waals surface area contributed by atoms with E-state index in [0.29, 0.717) is 10.5 Å². The first-order chi connectivity index (χ1) is 16.4. The molecule has 2 saturated heterocycles. The Hall–Kier alpha value is -2.62.